The molecule has 1 fully saturated rings. The van der Waals surface area contributed by atoms with Crippen molar-refractivity contribution in [3.8, 4) is 11.5 Å². The van der Waals surface area contributed by atoms with E-state index in [9.17, 15) is 4.79 Å². The number of Topliss-reactive ketones (excluding diaryl/α,β-unsaturated/α-hetero) is 1. The van der Waals surface area contributed by atoms with Crippen molar-refractivity contribution in [2.24, 2.45) is 0 Å². The molecular weight excluding hydrogens is 358 g/mol. The van der Waals surface area contributed by atoms with Gasteiger partial charge in [0.15, 0.2) is 17.3 Å². The van der Waals surface area contributed by atoms with Crippen LogP contribution < -0.4 is 18.9 Å². The third kappa shape index (κ3) is 3.41. The van der Waals surface area contributed by atoms with Crippen LogP contribution in [0.4, 0.5) is 5.95 Å². The SMILES string of the molecule is COc1ccc(C(=O)C[n+]2c(N3CCOCC3)[nH]c3ccccc32)cc1OC. The highest BCUT2D eigenvalue weighted by Crippen LogP contribution is 2.28. The summed E-state index contributed by atoms with van der Waals surface area (Å²) < 4.78 is 18.1. The molecule has 28 heavy (non-hydrogen) atoms. The normalized spacial score (nSPS) is 14.3. The van der Waals surface area contributed by atoms with Gasteiger partial charge in [-0.2, -0.15) is 0 Å². The van der Waals surface area contributed by atoms with Gasteiger partial charge in [-0.15, -0.1) is 0 Å². The number of nitrogens with zero attached hydrogens (tertiary/aromatic N) is 2. The van der Waals surface area contributed by atoms with Gasteiger partial charge in [-0.1, -0.05) is 12.1 Å². The standard InChI is InChI=1S/C21H23N3O4/c1-26-19-8-7-15(13-20(19)27-2)18(25)14-24-17-6-4-3-5-16(17)22-21(24)23-9-11-28-12-10-23/h3-8,13H,9-12,14H2,1-2H3/p+1. The van der Waals surface area contributed by atoms with Gasteiger partial charge in [0.1, 0.15) is 17.6 Å². The molecule has 0 atom stereocenters. The number of imidazole rings is 1. The number of hydrogen-bond acceptors (Lipinski definition) is 5. The van der Waals surface area contributed by atoms with Crippen molar-refractivity contribution in [3.63, 3.8) is 0 Å². The van der Waals surface area contributed by atoms with E-state index in [0.717, 1.165) is 30.1 Å². The van der Waals surface area contributed by atoms with E-state index in [1.807, 2.05) is 28.8 Å². The van der Waals surface area contributed by atoms with Crippen molar-refractivity contribution >= 4 is 22.8 Å². The van der Waals surface area contributed by atoms with E-state index < -0.39 is 0 Å². The fourth-order valence-electron chi connectivity index (χ4n) is 3.55. The van der Waals surface area contributed by atoms with Crippen LogP contribution in [0.2, 0.25) is 0 Å². The second kappa shape index (κ2) is 7.90. The maximum Gasteiger partial charge on any atom is 0.358 e. The van der Waals surface area contributed by atoms with Gasteiger partial charge in [0.05, 0.1) is 40.5 Å². The number of methoxy groups -OCH3 is 2. The van der Waals surface area contributed by atoms with Gasteiger partial charge in [0.2, 0.25) is 0 Å². The lowest BCUT2D eigenvalue weighted by Gasteiger charge is -2.22. The first-order chi connectivity index (χ1) is 13.7. The van der Waals surface area contributed by atoms with Crippen molar-refractivity contribution in [3.05, 3.63) is 48.0 Å². The number of aromatic amines is 1. The average molecular weight is 382 g/mol. The number of carbonyl (C=O) groups is 1. The Morgan fingerprint density at radius 2 is 1.86 bits per heavy atom. The largest absolute Gasteiger partial charge is 0.493 e. The number of rotatable bonds is 6. The Hall–Kier alpha value is -3.06. The van der Waals surface area contributed by atoms with Crippen molar-refractivity contribution in [2.75, 3.05) is 45.4 Å². The molecular formula is C21H24N3O4+. The smallest absolute Gasteiger partial charge is 0.358 e. The topological polar surface area (TPSA) is 67.7 Å². The lowest BCUT2D eigenvalue weighted by molar-refractivity contribution is -0.644. The number of ketones is 1. The van der Waals surface area contributed by atoms with Gasteiger partial charge in [-0.05, 0) is 30.3 Å². The lowest BCUT2D eigenvalue weighted by atomic mass is 10.1. The Bertz CT molecular complexity index is 992. The summed E-state index contributed by atoms with van der Waals surface area (Å²) in [6.45, 7) is 3.17. The Balaban J connectivity index is 1.69. The number of nitrogens with one attached hydrogen (secondary N) is 1. The van der Waals surface area contributed by atoms with Gasteiger partial charge >= 0.3 is 5.95 Å². The van der Waals surface area contributed by atoms with Crippen LogP contribution >= 0.6 is 0 Å². The van der Waals surface area contributed by atoms with E-state index in [1.54, 1.807) is 32.4 Å². The van der Waals surface area contributed by atoms with Gasteiger partial charge in [-0.25, -0.2) is 9.55 Å². The van der Waals surface area contributed by atoms with Gasteiger partial charge < -0.3 is 14.2 Å². The molecule has 0 amide bonds. The third-order valence-corrected chi connectivity index (χ3v) is 5.01. The van der Waals surface area contributed by atoms with E-state index in [-0.39, 0.29) is 12.3 Å². The molecule has 0 radical (unpaired) electrons. The number of aromatic nitrogens is 2. The number of H-pyrrole nitrogens is 1. The van der Waals surface area contributed by atoms with Crippen LogP contribution in [-0.2, 0) is 11.3 Å². The van der Waals surface area contributed by atoms with Crippen molar-refractivity contribution in [1.29, 1.82) is 0 Å². The summed E-state index contributed by atoms with van der Waals surface area (Å²) >= 11 is 0. The van der Waals surface area contributed by atoms with Crippen molar-refractivity contribution in [2.45, 2.75) is 6.54 Å². The van der Waals surface area contributed by atoms with Gasteiger partial charge in [0, 0.05) is 5.56 Å². The molecule has 1 aliphatic rings. The minimum Gasteiger partial charge on any atom is -0.493 e. The number of benzene rings is 2. The highest BCUT2D eigenvalue weighted by atomic mass is 16.5. The Labute approximate surface area is 163 Å². The molecule has 1 aliphatic heterocycles. The fraction of sp³-hybridized carbons (Fsp3) is 0.333. The lowest BCUT2D eigenvalue weighted by Crippen LogP contribution is -2.47. The number of hydrogen-bond donors (Lipinski definition) is 1. The number of anilines is 1. The molecule has 1 aromatic heterocycles. The van der Waals surface area contributed by atoms with Crippen molar-refractivity contribution < 1.29 is 23.6 Å². The number of morpholine rings is 1. The van der Waals surface area contributed by atoms with Crippen LogP contribution in [0.15, 0.2) is 42.5 Å². The summed E-state index contributed by atoms with van der Waals surface area (Å²) in [5, 5.41) is 0. The van der Waals surface area contributed by atoms with Crippen LogP contribution in [0.3, 0.4) is 0 Å². The molecule has 146 valence electrons. The molecule has 1 N–H and O–H groups in total. The van der Waals surface area contributed by atoms with Crippen LogP contribution in [-0.4, -0.2) is 51.3 Å². The summed E-state index contributed by atoms with van der Waals surface area (Å²) in [6, 6.07) is 13.3. The molecule has 4 rings (SSSR count). The van der Waals surface area contributed by atoms with Crippen LogP contribution in [0.5, 0.6) is 11.5 Å². The van der Waals surface area contributed by atoms with Gasteiger partial charge in [-0.3, -0.25) is 9.69 Å². The van der Waals surface area contributed by atoms with E-state index >= 15 is 0 Å². The summed E-state index contributed by atoms with van der Waals surface area (Å²) in [6.07, 6.45) is 0. The summed E-state index contributed by atoms with van der Waals surface area (Å²) in [5.74, 6) is 2.09. The molecule has 1 saturated heterocycles. The predicted molar refractivity (Wildman–Crippen MR) is 105 cm³/mol. The second-order valence-corrected chi connectivity index (χ2v) is 6.64. The molecule has 0 bridgehead atoms. The van der Waals surface area contributed by atoms with Crippen LogP contribution in [0, 0.1) is 0 Å². The first kappa shape index (κ1) is 18.3. The number of para-hydroxylation sites is 2. The number of carbonyl (C=O) groups excluding carboxylic acids is 1. The van der Waals surface area contributed by atoms with Crippen LogP contribution in [0.1, 0.15) is 10.4 Å². The van der Waals surface area contributed by atoms with E-state index in [1.165, 1.54) is 0 Å². The molecule has 3 aromatic rings. The minimum atomic E-state index is 0.00483. The highest BCUT2D eigenvalue weighted by molar-refractivity contribution is 5.96. The zero-order valence-corrected chi connectivity index (χ0v) is 16.1. The third-order valence-electron chi connectivity index (χ3n) is 5.01. The molecule has 0 unspecified atom stereocenters. The highest BCUT2D eigenvalue weighted by Gasteiger charge is 2.27. The van der Waals surface area contributed by atoms with Crippen LogP contribution in [0.25, 0.3) is 11.0 Å². The first-order valence-corrected chi connectivity index (χ1v) is 9.29. The van der Waals surface area contributed by atoms with E-state index in [4.69, 9.17) is 14.2 Å². The van der Waals surface area contributed by atoms with E-state index in [0.29, 0.717) is 30.3 Å². The van der Waals surface area contributed by atoms with E-state index in [2.05, 4.69) is 9.88 Å². The summed E-state index contributed by atoms with van der Waals surface area (Å²) in [7, 11) is 3.15. The molecule has 0 saturated carbocycles. The molecule has 0 aliphatic carbocycles. The Morgan fingerprint density at radius 3 is 2.61 bits per heavy atom. The van der Waals surface area contributed by atoms with Crippen molar-refractivity contribution in [1.82, 2.24) is 4.98 Å². The van der Waals surface area contributed by atoms with Gasteiger partial charge in [0.25, 0.3) is 0 Å². The Kier molecular flexibility index (Phi) is 5.16. The first-order valence-electron chi connectivity index (χ1n) is 9.29. The molecule has 7 heteroatoms. The monoisotopic (exact) mass is 382 g/mol. The average Bonchev–Trinajstić information content (AvgIpc) is 3.12. The Morgan fingerprint density at radius 1 is 1.11 bits per heavy atom. The zero-order valence-electron chi connectivity index (χ0n) is 16.1. The predicted octanol–water partition coefficient (Wildman–Crippen LogP) is 2.19. The zero-order chi connectivity index (χ0) is 19.5. The second-order valence-electron chi connectivity index (χ2n) is 6.64. The molecule has 0 spiro atoms. The fourth-order valence-corrected chi connectivity index (χ4v) is 3.55. The minimum absolute atomic E-state index is 0.00483. The summed E-state index contributed by atoms with van der Waals surface area (Å²) in [5.41, 5.74) is 2.59. The molecule has 7 nitrogen and oxygen atoms in total. The summed E-state index contributed by atoms with van der Waals surface area (Å²) in [4.78, 5) is 18.8. The molecule has 2 aromatic carbocycles. The maximum absolute atomic E-state index is 13.1. The quantitative estimate of drug-likeness (QED) is 0.523. The maximum atomic E-state index is 13.1. The number of fused-ring (bicyclic) bond motifs is 1. The molecule has 2 heterocycles. The number of ether oxygens (including phenoxy) is 3.